The van der Waals surface area contributed by atoms with Crippen LogP contribution >= 0.6 is 0 Å². The Hall–Kier alpha value is -1.98. The van der Waals surface area contributed by atoms with E-state index in [9.17, 15) is 9.59 Å². The molecule has 2 heterocycles. The molecule has 0 spiro atoms. The number of nitrogens with zero attached hydrogens (tertiary/aromatic N) is 4. The van der Waals surface area contributed by atoms with Crippen molar-refractivity contribution in [3.8, 4) is 0 Å². The zero-order valence-electron chi connectivity index (χ0n) is 8.93. The van der Waals surface area contributed by atoms with Crippen molar-refractivity contribution in [2.24, 2.45) is 23.7 Å². The standard InChI is InChI=1S/C11H10N4O2/c16-10-8-6-1-2-7(3-6)9(8)11(17)15(10)14-4-12-13-5-14/h1-2,4-9H,3H2/t6-,7+,8-,9-/m0/s1. The summed E-state index contributed by atoms with van der Waals surface area (Å²) in [6.07, 6.45) is 7.86. The molecule has 1 aromatic heterocycles. The van der Waals surface area contributed by atoms with Crippen molar-refractivity contribution in [3.63, 3.8) is 0 Å². The minimum atomic E-state index is -0.167. The summed E-state index contributed by atoms with van der Waals surface area (Å²) in [5.74, 6) is -0.0843. The minimum Gasteiger partial charge on any atom is -0.272 e. The molecule has 4 rings (SSSR count). The molecule has 2 amide bonds. The summed E-state index contributed by atoms with van der Waals surface area (Å²) in [4.78, 5) is 24.6. The summed E-state index contributed by atoms with van der Waals surface area (Å²) in [7, 11) is 0. The van der Waals surface area contributed by atoms with Crippen LogP contribution in [0.1, 0.15) is 6.42 Å². The summed E-state index contributed by atoms with van der Waals surface area (Å²) in [5, 5.41) is 8.45. The maximum atomic E-state index is 12.3. The van der Waals surface area contributed by atoms with E-state index < -0.39 is 0 Å². The first-order valence-electron chi connectivity index (χ1n) is 5.68. The van der Waals surface area contributed by atoms with Gasteiger partial charge >= 0.3 is 0 Å². The lowest BCUT2D eigenvalue weighted by molar-refractivity contribution is -0.125. The van der Waals surface area contributed by atoms with Gasteiger partial charge in [-0.1, -0.05) is 12.2 Å². The number of carbonyl (C=O) groups excluding carboxylic acids is 2. The molecule has 0 N–H and O–H groups in total. The molecule has 1 aliphatic heterocycles. The fraction of sp³-hybridized carbons (Fsp3) is 0.455. The lowest BCUT2D eigenvalue weighted by Crippen LogP contribution is -2.41. The highest BCUT2D eigenvalue weighted by molar-refractivity contribution is 6.17. The Labute approximate surface area is 96.9 Å². The fourth-order valence-electron chi connectivity index (χ4n) is 3.41. The van der Waals surface area contributed by atoms with Gasteiger partial charge in [-0.15, -0.1) is 10.2 Å². The molecule has 1 aromatic rings. The van der Waals surface area contributed by atoms with E-state index in [0.29, 0.717) is 0 Å². The highest BCUT2D eigenvalue weighted by Gasteiger charge is 2.60. The van der Waals surface area contributed by atoms with Crippen LogP contribution in [0.2, 0.25) is 0 Å². The van der Waals surface area contributed by atoms with Crippen LogP contribution in [-0.2, 0) is 9.59 Å². The second kappa shape index (κ2) is 2.82. The normalized spacial score (nSPS) is 38.2. The zero-order chi connectivity index (χ0) is 11.6. The molecule has 1 saturated heterocycles. The smallest absolute Gasteiger partial charge is 0.253 e. The number of carbonyl (C=O) groups is 2. The van der Waals surface area contributed by atoms with E-state index in [4.69, 9.17) is 0 Å². The Balaban J connectivity index is 1.79. The van der Waals surface area contributed by atoms with E-state index in [0.717, 1.165) is 6.42 Å². The number of amides is 2. The average Bonchev–Trinajstić information content (AvgIpc) is 3.03. The van der Waals surface area contributed by atoms with Gasteiger partial charge in [0.1, 0.15) is 12.7 Å². The van der Waals surface area contributed by atoms with Gasteiger partial charge in [-0.25, -0.2) is 4.68 Å². The lowest BCUT2D eigenvalue weighted by atomic mass is 9.85. The molecule has 0 radical (unpaired) electrons. The number of fused-ring (bicyclic) bond motifs is 5. The van der Waals surface area contributed by atoms with Crippen molar-refractivity contribution in [3.05, 3.63) is 24.8 Å². The van der Waals surface area contributed by atoms with Crippen molar-refractivity contribution in [1.82, 2.24) is 14.9 Å². The number of imide groups is 1. The molecule has 0 unspecified atom stereocenters. The molecule has 1 saturated carbocycles. The van der Waals surface area contributed by atoms with Crippen LogP contribution in [0.25, 0.3) is 0 Å². The number of rotatable bonds is 1. The zero-order valence-corrected chi connectivity index (χ0v) is 8.93. The number of hydrogen-bond acceptors (Lipinski definition) is 4. The molecule has 3 aliphatic rings. The quantitative estimate of drug-likeness (QED) is 0.491. The molecule has 4 atom stereocenters. The first-order valence-corrected chi connectivity index (χ1v) is 5.68. The van der Waals surface area contributed by atoms with Gasteiger partial charge in [-0.05, 0) is 18.3 Å². The molecule has 0 aromatic carbocycles. The van der Waals surface area contributed by atoms with Crippen LogP contribution in [0, 0.1) is 23.7 Å². The van der Waals surface area contributed by atoms with Crippen molar-refractivity contribution in [2.45, 2.75) is 6.42 Å². The predicted octanol–water partition coefficient (Wildman–Crippen LogP) is -0.279. The first-order chi connectivity index (χ1) is 8.27. The van der Waals surface area contributed by atoms with Crippen molar-refractivity contribution >= 4 is 11.8 Å². The first kappa shape index (κ1) is 9.09. The Morgan fingerprint density at radius 1 is 1.00 bits per heavy atom. The lowest BCUT2D eigenvalue weighted by Gasteiger charge is -2.16. The molecule has 6 heteroatoms. The summed E-state index contributed by atoms with van der Waals surface area (Å²) >= 11 is 0. The van der Waals surface area contributed by atoms with Gasteiger partial charge in [0, 0.05) is 0 Å². The Kier molecular flexibility index (Phi) is 1.51. The second-order valence-corrected chi connectivity index (χ2v) is 4.83. The Morgan fingerprint density at radius 3 is 2.06 bits per heavy atom. The summed E-state index contributed by atoms with van der Waals surface area (Å²) in [6.45, 7) is 0. The number of aromatic nitrogens is 3. The summed E-state index contributed by atoms with van der Waals surface area (Å²) in [6, 6.07) is 0. The molecule has 2 bridgehead atoms. The molecular weight excluding hydrogens is 220 g/mol. The van der Waals surface area contributed by atoms with Crippen molar-refractivity contribution in [1.29, 1.82) is 0 Å². The largest absolute Gasteiger partial charge is 0.272 e. The van der Waals surface area contributed by atoms with Gasteiger partial charge in [0.2, 0.25) is 0 Å². The van der Waals surface area contributed by atoms with Gasteiger partial charge in [0.15, 0.2) is 0 Å². The number of allylic oxidation sites excluding steroid dienone is 2. The van der Waals surface area contributed by atoms with E-state index in [1.165, 1.54) is 22.3 Å². The van der Waals surface area contributed by atoms with Gasteiger partial charge in [0.25, 0.3) is 11.8 Å². The predicted molar refractivity (Wildman–Crippen MR) is 56.0 cm³/mol. The van der Waals surface area contributed by atoms with Crippen LogP contribution < -0.4 is 5.01 Å². The maximum Gasteiger partial charge on any atom is 0.253 e. The topological polar surface area (TPSA) is 68.1 Å². The molecule has 17 heavy (non-hydrogen) atoms. The van der Waals surface area contributed by atoms with Crippen LogP contribution in [0.3, 0.4) is 0 Å². The maximum absolute atomic E-state index is 12.3. The molecule has 2 aliphatic carbocycles. The highest BCUT2D eigenvalue weighted by Crippen LogP contribution is 2.51. The molecule has 86 valence electrons. The number of hydrogen-bond donors (Lipinski definition) is 0. The Morgan fingerprint density at radius 2 is 1.53 bits per heavy atom. The van der Waals surface area contributed by atoms with E-state index in [-0.39, 0.29) is 35.5 Å². The Bertz CT molecular complexity index is 506. The SMILES string of the molecule is O=C1[C@@H]2[C@@H](C(=O)N1n1cnnc1)[C@H]1C=C[C@@H]2C1. The van der Waals surface area contributed by atoms with Gasteiger partial charge < -0.3 is 0 Å². The van der Waals surface area contributed by atoms with Gasteiger partial charge in [-0.2, -0.15) is 5.01 Å². The van der Waals surface area contributed by atoms with E-state index in [1.807, 2.05) is 0 Å². The monoisotopic (exact) mass is 230 g/mol. The van der Waals surface area contributed by atoms with Crippen LogP contribution in [0.5, 0.6) is 0 Å². The highest BCUT2D eigenvalue weighted by atomic mass is 16.2. The molecule has 2 fully saturated rings. The van der Waals surface area contributed by atoms with Crippen LogP contribution in [-0.4, -0.2) is 26.7 Å². The van der Waals surface area contributed by atoms with E-state index >= 15 is 0 Å². The van der Waals surface area contributed by atoms with Crippen LogP contribution in [0.4, 0.5) is 0 Å². The third-order valence-corrected chi connectivity index (χ3v) is 4.08. The van der Waals surface area contributed by atoms with Crippen LogP contribution in [0.15, 0.2) is 24.8 Å². The molecule has 6 nitrogen and oxygen atoms in total. The molecular formula is C11H10N4O2. The second-order valence-electron chi connectivity index (χ2n) is 4.83. The summed E-state index contributed by atoms with van der Waals surface area (Å²) in [5.41, 5.74) is 0. The van der Waals surface area contributed by atoms with Crippen molar-refractivity contribution < 1.29 is 9.59 Å². The third kappa shape index (κ3) is 0.956. The van der Waals surface area contributed by atoms with Gasteiger partial charge in [0.05, 0.1) is 11.8 Å². The minimum absolute atomic E-state index is 0.114. The van der Waals surface area contributed by atoms with Gasteiger partial charge in [-0.3, -0.25) is 9.59 Å². The third-order valence-electron chi connectivity index (χ3n) is 4.08. The summed E-state index contributed by atoms with van der Waals surface area (Å²) < 4.78 is 1.38. The average molecular weight is 230 g/mol. The van der Waals surface area contributed by atoms with E-state index in [1.54, 1.807) is 0 Å². The van der Waals surface area contributed by atoms with E-state index in [2.05, 4.69) is 22.3 Å². The fourth-order valence-corrected chi connectivity index (χ4v) is 3.41. The van der Waals surface area contributed by atoms with Crippen molar-refractivity contribution in [2.75, 3.05) is 5.01 Å².